The van der Waals surface area contributed by atoms with Gasteiger partial charge in [0.15, 0.2) is 0 Å². The van der Waals surface area contributed by atoms with Crippen molar-refractivity contribution in [3.05, 3.63) is 82.9 Å². The summed E-state index contributed by atoms with van der Waals surface area (Å²) >= 11 is 0. The number of hydrogen-bond donors (Lipinski definition) is 0. The minimum atomic E-state index is 0.180. The molecule has 1 fully saturated rings. The van der Waals surface area contributed by atoms with Gasteiger partial charge in [0.05, 0.1) is 0 Å². The fraction of sp³-hybridized carbons (Fsp3) is 0.304. The van der Waals surface area contributed by atoms with Crippen LogP contribution in [0.25, 0.3) is 11.1 Å². The fourth-order valence-electron chi connectivity index (χ4n) is 4.80. The molecule has 5 rings (SSSR count). The fourth-order valence-corrected chi connectivity index (χ4v) is 4.80. The molecule has 114 valence electrons. The van der Waals surface area contributed by atoms with E-state index in [1.165, 1.54) is 35.1 Å². The van der Waals surface area contributed by atoms with Gasteiger partial charge in [-0.1, -0.05) is 67.6 Å². The Morgan fingerprint density at radius 2 is 1.22 bits per heavy atom. The van der Waals surface area contributed by atoms with Crippen LogP contribution in [0.1, 0.15) is 42.0 Å². The van der Waals surface area contributed by atoms with E-state index in [4.69, 9.17) is 0 Å². The second-order valence-electron chi connectivity index (χ2n) is 7.43. The van der Waals surface area contributed by atoms with Crippen molar-refractivity contribution in [1.82, 2.24) is 0 Å². The molecule has 0 saturated heterocycles. The van der Waals surface area contributed by atoms with Crippen molar-refractivity contribution >= 4 is 11.1 Å². The molecule has 0 amide bonds. The molecule has 2 aromatic rings. The molecule has 0 heteroatoms. The average Bonchev–Trinajstić information content (AvgIpc) is 3.21. The van der Waals surface area contributed by atoms with Gasteiger partial charge in [0.1, 0.15) is 0 Å². The Balaban J connectivity index is 1.67. The van der Waals surface area contributed by atoms with Crippen LogP contribution in [-0.2, 0) is 12.8 Å². The number of allylic oxidation sites excluding steroid dienone is 4. The van der Waals surface area contributed by atoms with Crippen LogP contribution in [-0.4, -0.2) is 0 Å². The van der Waals surface area contributed by atoms with Crippen LogP contribution in [0.3, 0.4) is 0 Å². The van der Waals surface area contributed by atoms with Gasteiger partial charge in [0.2, 0.25) is 0 Å². The summed E-state index contributed by atoms with van der Waals surface area (Å²) in [5.74, 6) is 0.803. The molecule has 0 spiro atoms. The molecule has 2 aromatic carbocycles. The molecule has 3 aliphatic rings. The van der Waals surface area contributed by atoms with E-state index in [0.717, 1.165) is 18.8 Å². The molecular formula is C23H22. The lowest BCUT2D eigenvalue weighted by molar-refractivity contribution is 0.512. The van der Waals surface area contributed by atoms with E-state index in [0.29, 0.717) is 0 Å². The van der Waals surface area contributed by atoms with Crippen molar-refractivity contribution in [2.45, 2.75) is 32.6 Å². The molecule has 0 radical (unpaired) electrons. The molecule has 0 heterocycles. The molecule has 0 bridgehead atoms. The second-order valence-corrected chi connectivity index (χ2v) is 7.43. The maximum Gasteiger partial charge on any atom is 0.0208 e. The van der Waals surface area contributed by atoms with E-state index >= 15 is 0 Å². The number of hydrogen-bond acceptors (Lipinski definition) is 0. The summed E-state index contributed by atoms with van der Waals surface area (Å²) in [6, 6.07) is 18.0. The predicted octanol–water partition coefficient (Wildman–Crippen LogP) is 5.68. The van der Waals surface area contributed by atoms with Gasteiger partial charge in [-0.2, -0.15) is 0 Å². The quantitative estimate of drug-likeness (QED) is 0.683. The second kappa shape index (κ2) is 4.71. The minimum absolute atomic E-state index is 0.180. The lowest BCUT2D eigenvalue weighted by Gasteiger charge is -2.35. The molecular weight excluding hydrogens is 276 g/mol. The lowest BCUT2D eigenvalue weighted by atomic mass is 9.68. The summed E-state index contributed by atoms with van der Waals surface area (Å²) < 4.78 is 0. The highest BCUT2D eigenvalue weighted by Gasteiger charge is 2.49. The van der Waals surface area contributed by atoms with Crippen molar-refractivity contribution in [3.8, 4) is 0 Å². The van der Waals surface area contributed by atoms with Crippen molar-refractivity contribution < 1.29 is 0 Å². The highest BCUT2D eigenvalue weighted by Crippen LogP contribution is 2.61. The number of rotatable bonds is 3. The number of fused-ring (bicyclic) bond motifs is 2. The maximum absolute atomic E-state index is 2.51. The zero-order valence-electron chi connectivity index (χ0n) is 13.7. The number of benzene rings is 2. The van der Waals surface area contributed by atoms with Crippen LogP contribution in [0.5, 0.6) is 0 Å². The Hall–Kier alpha value is -2.08. The minimum Gasteiger partial charge on any atom is -0.0754 e. The van der Waals surface area contributed by atoms with Crippen LogP contribution in [0.15, 0.2) is 60.7 Å². The summed E-state index contributed by atoms with van der Waals surface area (Å²) in [4.78, 5) is 0. The van der Waals surface area contributed by atoms with E-state index in [1.807, 2.05) is 0 Å². The maximum atomic E-state index is 2.51. The van der Waals surface area contributed by atoms with E-state index in [9.17, 15) is 0 Å². The molecule has 1 saturated carbocycles. The third-order valence-electron chi connectivity index (χ3n) is 6.18. The predicted molar refractivity (Wildman–Crippen MR) is 97.1 cm³/mol. The first kappa shape index (κ1) is 13.4. The zero-order valence-corrected chi connectivity index (χ0v) is 13.7. The Morgan fingerprint density at radius 1 is 0.739 bits per heavy atom. The first-order chi connectivity index (χ1) is 11.3. The highest BCUT2D eigenvalue weighted by atomic mass is 14.5. The van der Waals surface area contributed by atoms with Gasteiger partial charge in [0.25, 0.3) is 0 Å². The normalized spacial score (nSPS) is 19.2. The molecule has 0 nitrogen and oxygen atoms in total. The van der Waals surface area contributed by atoms with E-state index in [-0.39, 0.29) is 5.41 Å². The van der Waals surface area contributed by atoms with Crippen LogP contribution in [0.4, 0.5) is 0 Å². The Labute approximate surface area is 138 Å². The zero-order chi connectivity index (χ0) is 15.4. The van der Waals surface area contributed by atoms with Gasteiger partial charge >= 0.3 is 0 Å². The molecule has 23 heavy (non-hydrogen) atoms. The van der Waals surface area contributed by atoms with E-state index in [1.54, 1.807) is 11.1 Å². The van der Waals surface area contributed by atoms with Crippen LogP contribution in [0, 0.1) is 11.3 Å². The summed E-state index contributed by atoms with van der Waals surface area (Å²) in [6.45, 7) is 2.51. The Kier molecular flexibility index (Phi) is 2.74. The van der Waals surface area contributed by atoms with Gasteiger partial charge in [-0.3, -0.25) is 0 Å². The summed E-state index contributed by atoms with van der Waals surface area (Å²) in [6.07, 6.45) is 9.95. The van der Waals surface area contributed by atoms with Gasteiger partial charge < -0.3 is 0 Å². The first-order valence-electron chi connectivity index (χ1n) is 8.86. The topological polar surface area (TPSA) is 0 Å². The molecule has 0 unspecified atom stereocenters. The molecule has 3 aliphatic carbocycles. The summed E-state index contributed by atoms with van der Waals surface area (Å²) in [5.41, 5.74) is 9.33. The third-order valence-corrected chi connectivity index (χ3v) is 6.18. The average molecular weight is 298 g/mol. The summed E-state index contributed by atoms with van der Waals surface area (Å²) in [5, 5.41) is 0. The highest BCUT2D eigenvalue weighted by molar-refractivity contribution is 5.91. The monoisotopic (exact) mass is 298 g/mol. The first-order valence-corrected chi connectivity index (χ1v) is 8.86. The Bertz CT molecular complexity index is 782. The van der Waals surface area contributed by atoms with Crippen molar-refractivity contribution in [1.29, 1.82) is 0 Å². The third kappa shape index (κ3) is 1.84. The van der Waals surface area contributed by atoms with Crippen molar-refractivity contribution in [2.75, 3.05) is 0 Å². The van der Waals surface area contributed by atoms with E-state index < -0.39 is 0 Å². The van der Waals surface area contributed by atoms with Gasteiger partial charge in [-0.25, -0.2) is 0 Å². The largest absolute Gasteiger partial charge is 0.0754 e. The van der Waals surface area contributed by atoms with Crippen LogP contribution in [0.2, 0.25) is 0 Å². The van der Waals surface area contributed by atoms with Crippen LogP contribution >= 0.6 is 0 Å². The molecule has 0 aromatic heterocycles. The summed E-state index contributed by atoms with van der Waals surface area (Å²) in [7, 11) is 0. The van der Waals surface area contributed by atoms with E-state index in [2.05, 4.69) is 67.6 Å². The smallest absolute Gasteiger partial charge is 0.0208 e. The van der Waals surface area contributed by atoms with Gasteiger partial charge in [-0.05, 0) is 65.0 Å². The SMILES string of the molecule is CC(C1=CCc2ccccc21)(C1=CCc2ccccc21)C1CC1. The molecule has 0 atom stereocenters. The van der Waals surface area contributed by atoms with Gasteiger partial charge in [-0.15, -0.1) is 0 Å². The molecule has 0 aliphatic heterocycles. The lowest BCUT2D eigenvalue weighted by Crippen LogP contribution is -2.22. The van der Waals surface area contributed by atoms with Gasteiger partial charge in [0, 0.05) is 5.41 Å². The molecule has 0 N–H and O–H groups in total. The van der Waals surface area contributed by atoms with Crippen LogP contribution < -0.4 is 0 Å². The van der Waals surface area contributed by atoms with Crippen molar-refractivity contribution in [3.63, 3.8) is 0 Å². The Morgan fingerprint density at radius 3 is 1.70 bits per heavy atom. The standard InChI is InChI=1S/C23H22/c1-23(18-12-13-18,21-14-10-16-6-2-4-8-19(16)21)22-15-11-17-7-3-5-9-20(17)22/h2-9,14-15,18H,10-13H2,1H3. The van der Waals surface area contributed by atoms with Crippen molar-refractivity contribution in [2.24, 2.45) is 11.3 Å².